The molecule has 0 unspecified atom stereocenters. The molecule has 0 fully saturated rings. The highest BCUT2D eigenvalue weighted by atomic mass is 15.3. The van der Waals surface area contributed by atoms with Crippen molar-refractivity contribution in [1.82, 2.24) is 15.1 Å². The average Bonchev–Trinajstić information content (AvgIpc) is 2.78. The van der Waals surface area contributed by atoms with Crippen molar-refractivity contribution in [2.45, 2.75) is 52.7 Å². The van der Waals surface area contributed by atoms with Crippen LogP contribution in [-0.2, 0) is 13.1 Å². The van der Waals surface area contributed by atoms with Gasteiger partial charge >= 0.3 is 0 Å². The summed E-state index contributed by atoms with van der Waals surface area (Å²) in [7, 11) is 0. The van der Waals surface area contributed by atoms with E-state index in [1.54, 1.807) is 0 Å². The van der Waals surface area contributed by atoms with Gasteiger partial charge in [0.2, 0.25) is 0 Å². The number of benzene rings is 1. The maximum Gasteiger partial charge on any atom is 0.0841 e. The lowest BCUT2D eigenvalue weighted by Crippen LogP contribution is -2.27. The number of aryl methyl sites for hydroxylation is 1. The number of para-hydroxylation sites is 1. The molecule has 1 aromatic carbocycles. The summed E-state index contributed by atoms with van der Waals surface area (Å²) in [6.45, 7) is 8.37. The van der Waals surface area contributed by atoms with E-state index in [9.17, 15) is 0 Å². The molecular formula is C15H23N3. The van der Waals surface area contributed by atoms with Crippen molar-refractivity contribution in [1.29, 1.82) is 0 Å². The van der Waals surface area contributed by atoms with Gasteiger partial charge in [0, 0.05) is 24.5 Å². The van der Waals surface area contributed by atoms with E-state index in [1.807, 2.05) is 0 Å². The quantitative estimate of drug-likeness (QED) is 0.846. The Morgan fingerprint density at radius 2 is 1.89 bits per heavy atom. The summed E-state index contributed by atoms with van der Waals surface area (Å²) in [6, 6.07) is 9.07. The van der Waals surface area contributed by atoms with E-state index < -0.39 is 0 Å². The second-order valence-electron chi connectivity index (χ2n) is 4.67. The Labute approximate surface area is 109 Å². The standard InChI is InChI=1S/C15H23N3/c1-4-12(5-2)16-11-14-13-9-7-8-10-15(13)18(6-3)17-14/h7-10,12,16H,4-6,11H2,1-3H3. The van der Waals surface area contributed by atoms with E-state index in [-0.39, 0.29) is 0 Å². The molecule has 0 aliphatic carbocycles. The fourth-order valence-electron chi connectivity index (χ4n) is 2.39. The largest absolute Gasteiger partial charge is 0.308 e. The van der Waals surface area contributed by atoms with Crippen LogP contribution < -0.4 is 5.32 Å². The molecule has 3 nitrogen and oxygen atoms in total. The van der Waals surface area contributed by atoms with Gasteiger partial charge in [-0.05, 0) is 25.8 Å². The lowest BCUT2D eigenvalue weighted by Gasteiger charge is -2.13. The molecule has 0 aliphatic heterocycles. The lowest BCUT2D eigenvalue weighted by atomic mass is 10.1. The second kappa shape index (κ2) is 6.01. The number of nitrogens with zero attached hydrogens (tertiary/aromatic N) is 2. The molecular weight excluding hydrogens is 222 g/mol. The van der Waals surface area contributed by atoms with Gasteiger partial charge in [0.15, 0.2) is 0 Å². The predicted molar refractivity (Wildman–Crippen MR) is 76.6 cm³/mol. The SMILES string of the molecule is CCC(CC)NCc1nn(CC)c2ccccc12. The van der Waals surface area contributed by atoms with Crippen LogP contribution in [-0.4, -0.2) is 15.8 Å². The summed E-state index contributed by atoms with van der Waals surface area (Å²) in [4.78, 5) is 0. The van der Waals surface area contributed by atoms with Crippen molar-refractivity contribution < 1.29 is 0 Å². The molecule has 3 heteroatoms. The van der Waals surface area contributed by atoms with E-state index in [4.69, 9.17) is 5.10 Å². The van der Waals surface area contributed by atoms with E-state index in [0.717, 1.165) is 13.1 Å². The minimum atomic E-state index is 0.593. The van der Waals surface area contributed by atoms with Gasteiger partial charge in [-0.1, -0.05) is 32.0 Å². The van der Waals surface area contributed by atoms with Crippen LogP contribution in [0.4, 0.5) is 0 Å². The van der Waals surface area contributed by atoms with Gasteiger partial charge in [0.1, 0.15) is 0 Å². The fraction of sp³-hybridized carbons (Fsp3) is 0.533. The molecule has 0 aliphatic rings. The molecule has 0 bridgehead atoms. The van der Waals surface area contributed by atoms with Crippen molar-refractivity contribution >= 4 is 10.9 Å². The highest BCUT2D eigenvalue weighted by Gasteiger charge is 2.10. The number of rotatable bonds is 6. The molecule has 18 heavy (non-hydrogen) atoms. The molecule has 98 valence electrons. The first kappa shape index (κ1) is 13.1. The normalized spacial score (nSPS) is 11.6. The molecule has 1 aromatic heterocycles. The second-order valence-corrected chi connectivity index (χ2v) is 4.67. The summed E-state index contributed by atoms with van der Waals surface area (Å²) in [5, 5.41) is 9.57. The average molecular weight is 245 g/mol. The number of hydrogen-bond donors (Lipinski definition) is 1. The molecule has 0 amide bonds. The predicted octanol–water partition coefficient (Wildman–Crippen LogP) is 3.33. The molecule has 0 saturated carbocycles. The Hall–Kier alpha value is -1.35. The Bertz CT molecular complexity index is 497. The maximum absolute atomic E-state index is 4.70. The Morgan fingerprint density at radius 1 is 1.17 bits per heavy atom. The van der Waals surface area contributed by atoms with Crippen LogP contribution in [0.15, 0.2) is 24.3 Å². The van der Waals surface area contributed by atoms with E-state index in [0.29, 0.717) is 6.04 Å². The third-order valence-electron chi connectivity index (χ3n) is 3.58. The van der Waals surface area contributed by atoms with E-state index >= 15 is 0 Å². The molecule has 1 N–H and O–H groups in total. The first-order chi connectivity index (χ1) is 8.80. The molecule has 2 rings (SSSR count). The minimum Gasteiger partial charge on any atom is -0.308 e. The highest BCUT2D eigenvalue weighted by molar-refractivity contribution is 5.81. The number of nitrogens with one attached hydrogen (secondary N) is 1. The van der Waals surface area contributed by atoms with Crippen molar-refractivity contribution in [3.05, 3.63) is 30.0 Å². The minimum absolute atomic E-state index is 0.593. The molecule has 0 spiro atoms. The van der Waals surface area contributed by atoms with Crippen LogP contribution in [0.2, 0.25) is 0 Å². The van der Waals surface area contributed by atoms with Gasteiger partial charge in [-0.25, -0.2) is 0 Å². The van der Waals surface area contributed by atoms with Crippen LogP contribution >= 0.6 is 0 Å². The molecule has 2 aromatic rings. The summed E-state index contributed by atoms with van der Waals surface area (Å²) >= 11 is 0. The van der Waals surface area contributed by atoms with Crippen molar-refractivity contribution in [3.8, 4) is 0 Å². The zero-order valence-electron chi connectivity index (χ0n) is 11.6. The Balaban J connectivity index is 2.22. The zero-order chi connectivity index (χ0) is 13.0. The third kappa shape index (κ3) is 2.56. The van der Waals surface area contributed by atoms with Crippen LogP contribution in [0.1, 0.15) is 39.3 Å². The molecule has 0 atom stereocenters. The van der Waals surface area contributed by atoms with Gasteiger partial charge in [-0.15, -0.1) is 0 Å². The first-order valence-corrected chi connectivity index (χ1v) is 6.97. The van der Waals surface area contributed by atoms with Gasteiger partial charge in [0.05, 0.1) is 11.2 Å². The monoisotopic (exact) mass is 245 g/mol. The van der Waals surface area contributed by atoms with Crippen LogP contribution in [0.5, 0.6) is 0 Å². The van der Waals surface area contributed by atoms with Crippen LogP contribution in [0.25, 0.3) is 10.9 Å². The molecule has 0 saturated heterocycles. The maximum atomic E-state index is 4.70. The lowest BCUT2D eigenvalue weighted by molar-refractivity contribution is 0.478. The van der Waals surface area contributed by atoms with E-state index in [2.05, 4.69) is 55.0 Å². The van der Waals surface area contributed by atoms with Crippen LogP contribution in [0.3, 0.4) is 0 Å². The zero-order valence-corrected chi connectivity index (χ0v) is 11.6. The topological polar surface area (TPSA) is 29.9 Å². The van der Waals surface area contributed by atoms with Gasteiger partial charge in [0.25, 0.3) is 0 Å². The third-order valence-corrected chi connectivity index (χ3v) is 3.58. The van der Waals surface area contributed by atoms with Crippen molar-refractivity contribution in [2.24, 2.45) is 0 Å². The summed E-state index contributed by atoms with van der Waals surface area (Å²) < 4.78 is 2.08. The van der Waals surface area contributed by atoms with Crippen molar-refractivity contribution in [2.75, 3.05) is 0 Å². The number of aromatic nitrogens is 2. The number of fused-ring (bicyclic) bond motifs is 1. The Morgan fingerprint density at radius 3 is 2.56 bits per heavy atom. The molecule has 0 radical (unpaired) electrons. The van der Waals surface area contributed by atoms with Gasteiger partial charge < -0.3 is 5.32 Å². The Kier molecular flexibility index (Phi) is 4.37. The van der Waals surface area contributed by atoms with Gasteiger partial charge in [-0.2, -0.15) is 5.10 Å². The summed E-state index contributed by atoms with van der Waals surface area (Å²) in [5.74, 6) is 0. The van der Waals surface area contributed by atoms with Gasteiger partial charge in [-0.3, -0.25) is 4.68 Å². The van der Waals surface area contributed by atoms with E-state index in [1.165, 1.54) is 29.4 Å². The summed E-state index contributed by atoms with van der Waals surface area (Å²) in [6.07, 6.45) is 2.34. The summed E-state index contributed by atoms with van der Waals surface area (Å²) in [5.41, 5.74) is 2.40. The number of hydrogen-bond acceptors (Lipinski definition) is 2. The molecule has 1 heterocycles. The van der Waals surface area contributed by atoms with Crippen molar-refractivity contribution in [3.63, 3.8) is 0 Å². The first-order valence-electron chi connectivity index (χ1n) is 6.97. The fourth-order valence-corrected chi connectivity index (χ4v) is 2.39. The van der Waals surface area contributed by atoms with Crippen LogP contribution in [0, 0.1) is 0 Å². The smallest absolute Gasteiger partial charge is 0.0841 e. The highest BCUT2D eigenvalue weighted by Crippen LogP contribution is 2.18.